The van der Waals surface area contributed by atoms with Gasteiger partial charge in [-0.25, -0.2) is 0 Å². The second-order valence-corrected chi connectivity index (χ2v) is 19.3. The third-order valence-electron chi connectivity index (χ3n) is 14.8. The van der Waals surface area contributed by atoms with E-state index in [1.165, 1.54) is 38.2 Å². The van der Waals surface area contributed by atoms with E-state index < -0.39 is 0 Å². The molecule has 13 aromatic carbocycles. The zero-order valence-corrected chi connectivity index (χ0v) is 41.0. The number of hydrogen-bond donors (Lipinski definition) is 0. The zero-order chi connectivity index (χ0) is 49.7. The molecule has 0 fully saturated rings. The van der Waals surface area contributed by atoms with Gasteiger partial charge in [0.25, 0.3) is 0 Å². The van der Waals surface area contributed by atoms with Gasteiger partial charge in [-0.15, -0.1) is 0 Å². The predicted molar refractivity (Wildman–Crippen MR) is 317 cm³/mol. The number of hydrogen-bond acceptors (Lipinski definition) is 3. The minimum atomic E-state index is 0.903. The van der Waals surface area contributed by atoms with Crippen molar-refractivity contribution in [2.45, 2.75) is 0 Å². The van der Waals surface area contributed by atoms with E-state index in [9.17, 15) is 0 Å². The maximum atomic E-state index is 6.48. The van der Waals surface area contributed by atoms with E-state index in [1.54, 1.807) is 0 Å². The molecule has 3 heteroatoms. The lowest BCUT2D eigenvalue weighted by Gasteiger charge is -2.30. The second-order valence-electron chi connectivity index (χ2n) is 19.3. The van der Waals surface area contributed by atoms with Crippen LogP contribution in [0.3, 0.4) is 0 Å². The molecule has 1 aromatic heterocycles. The van der Waals surface area contributed by atoms with Gasteiger partial charge in [0.1, 0.15) is 11.2 Å². The van der Waals surface area contributed by atoms with E-state index >= 15 is 0 Å². The fourth-order valence-electron chi connectivity index (χ4n) is 11.2. The van der Waals surface area contributed by atoms with Crippen LogP contribution in [-0.4, -0.2) is 0 Å². The molecule has 0 radical (unpaired) electrons. The van der Waals surface area contributed by atoms with E-state index in [4.69, 9.17) is 4.42 Å². The summed E-state index contributed by atoms with van der Waals surface area (Å²) in [7, 11) is 0. The zero-order valence-electron chi connectivity index (χ0n) is 41.0. The van der Waals surface area contributed by atoms with Crippen LogP contribution in [0, 0.1) is 0 Å². The second kappa shape index (κ2) is 18.6. The van der Waals surface area contributed by atoms with E-state index in [-0.39, 0.29) is 0 Å². The molecule has 0 aliphatic carbocycles. The lowest BCUT2D eigenvalue weighted by atomic mass is 9.97. The van der Waals surface area contributed by atoms with Crippen LogP contribution in [0.5, 0.6) is 0 Å². The summed E-state index contributed by atoms with van der Waals surface area (Å²) in [4.78, 5) is 4.87. The van der Waals surface area contributed by atoms with Crippen LogP contribution in [0.2, 0.25) is 0 Å². The topological polar surface area (TPSA) is 19.6 Å². The number of fused-ring (bicyclic) bond motifs is 6. The summed E-state index contributed by atoms with van der Waals surface area (Å²) in [5.41, 5.74) is 17.5. The third kappa shape index (κ3) is 7.95. The molecule has 0 N–H and O–H groups in total. The van der Waals surface area contributed by atoms with Gasteiger partial charge in [-0.3, -0.25) is 0 Å². The van der Waals surface area contributed by atoms with Gasteiger partial charge < -0.3 is 14.2 Å². The summed E-state index contributed by atoms with van der Waals surface area (Å²) in [6.07, 6.45) is 0. The summed E-state index contributed by atoms with van der Waals surface area (Å²) in [6.45, 7) is 0. The molecule has 0 saturated carbocycles. The highest BCUT2D eigenvalue weighted by Gasteiger charge is 2.22. The van der Waals surface area contributed by atoms with Crippen LogP contribution in [0.1, 0.15) is 0 Å². The van der Waals surface area contributed by atoms with Gasteiger partial charge >= 0.3 is 0 Å². The van der Waals surface area contributed by atoms with Crippen LogP contribution >= 0.6 is 0 Å². The number of nitrogens with zero attached hydrogens (tertiary/aromatic N) is 2. The van der Waals surface area contributed by atoms with Gasteiger partial charge in [-0.05, 0) is 122 Å². The Labute approximate surface area is 436 Å². The molecule has 352 valence electrons. The summed E-state index contributed by atoms with van der Waals surface area (Å²) in [5.74, 6) is 0. The summed E-state index contributed by atoms with van der Waals surface area (Å²) < 4.78 is 6.48. The van der Waals surface area contributed by atoms with Gasteiger partial charge in [0, 0.05) is 49.7 Å². The van der Waals surface area contributed by atoms with Gasteiger partial charge in [0.05, 0.1) is 17.1 Å². The fourth-order valence-corrected chi connectivity index (χ4v) is 11.2. The van der Waals surface area contributed by atoms with Gasteiger partial charge in [-0.2, -0.15) is 0 Å². The Hall–Kier alpha value is -9.96. The normalized spacial score (nSPS) is 11.5. The number of rotatable bonds is 10. The molecule has 0 unspecified atom stereocenters. The molecule has 0 atom stereocenters. The molecule has 0 saturated heterocycles. The SMILES string of the molecule is c1ccc(-c2ccc(-c3cccc(N(c4ccccc4-c4cccc(N(c5ccc6cc(-c7cccc8c7oc7ccccc78)ccc6c5)c5cccc6ccccc56)c4)c4cccc5ccccc45)c3)cc2)cc1. The lowest BCUT2D eigenvalue weighted by Crippen LogP contribution is -2.12. The largest absolute Gasteiger partial charge is 0.455 e. The first-order valence-electron chi connectivity index (χ1n) is 25.6. The first-order valence-corrected chi connectivity index (χ1v) is 25.6. The van der Waals surface area contributed by atoms with Gasteiger partial charge in [-0.1, -0.05) is 224 Å². The monoisotopic (exact) mass is 956 g/mol. The van der Waals surface area contributed by atoms with E-state index in [0.29, 0.717) is 0 Å². The maximum absolute atomic E-state index is 6.48. The van der Waals surface area contributed by atoms with Gasteiger partial charge in [0.15, 0.2) is 0 Å². The van der Waals surface area contributed by atoms with Crippen LogP contribution < -0.4 is 9.80 Å². The Morgan fingerprint density at radius 3 is 1.45 bits per heavy atom. The van der Waals surface area contributed by atoms with E-state index in [1.807, 2.05) is 12.1 Å². The molecule has 0 aliphatic heterocycles. The van der Waals surface area contributed by atoms with Crippen molar-refractivity contribution in [3.05, 3.63) is 291 Å². The van der Waals surface area contributed by atoms with Crippen LogP contribution in [0.4, 0.5) is 34.1 Å². The molecular weight excluding hydrogens is 909 g/mol. The molecule has 0 spiro atoms. The Morgan fingerprint density at radius 1 is 0.227 bits per heavy atom. The minimum Gasteiger partial charge on any atom is -0.455 e. The summed E-state index contributed by atoms with van der Waals surface area (Å²) >= 11 is 0. The van der Waals surface area contributed by atoms with Crippen molar-refractivity contribution >= 4 is 88.4 Å². The van der Waals surface area contributed by atoms with Gasteiger partial charge in [0.2, 0.25) is 0 Å². The third-order valence-corrected chi connectivity index (χ3v) is 14.8. The molecular formula is C72H48N2O. The lowest BCUT2D eigenvalue weighted by molar-refractivity contribution is 0.670. The van der Waals surface area contributed by atoms with E-state index in [2.05, 4.69) is 289 Å². The highest BCUT2D eigenvalue weighted by atomic mass is 16.3. The van der Waals surface area contributed by atoms with Crippen molar-refractivity contribution in [2.24, 2.45) is 0 Å². The van der Waals surface area contributed by atoms with Crippen molar-refractivity contribution in [1.82, 2.24) is 0 Å². The highest BCUT2D eigenvalue weighted by molar-refractivity contribution is 6.10. The number of para-hydroxylation sites is 3. The standard InChI is InChI=1S/C72H48N2O/c1-2-17-49(18-3-1)50-37-39-51(40-38-50)54-23-12-26-60(46-54)74(70-35-15-22-53-20-5-7-28-63(53)70)69-33-10-8-29-64(69)57-24-13-25-59(48-57)73(68-34-14-21-52-19-4-6-27-62(52)68)61-44-43-55-45-58(42-41-56(55)47-61)65-31-16-32-67-66-30-9-11-36-71(66)75-72(65)67/h1-48H. The summed E-state index contributed by atoms with van der Waals surface area (Å²) in [5, 5.41) is 9.31. The molecule has 14 rings (SSSR count). The molecule has 75 heavy (non-hydrogen) atoms. The summed E-state index contributed by atoms with van der Waals surface area (Å²) in [6, 6.07) is 105. The smallest absolute Gasteiger partial charge is 0.143 e. The highest BCUT2D eigenvalue weighted by Crippen LogP contribution is 2.47. The number of benzene rings is 13. The fraction of sp³-hybridized carbons (Fsp3) is 0. The maximum Gasteiger partial charge on any atom is 0.143 e. The molecule has 3 nitrogen and oxygen atoms in total. The first kappa shape index (κ1) is 43.8. The predicted octanol–water partition coefficient (Wildman–Crippen LogP) is 20.7. The Morgan fingerprint density at radius 2 is 0.680 bits per heavy atom. The Kier molecular flexibility index (Phi) is 10.8. The van der Waals surface area contributed by atoms with Crippen LogP contribution in [0.15, 0.2) is 296 Å². The van der Waals surface area contributed by atoms with Crippen molar-refractivity contribution in [2.75, 3.05) is 9.80 Å². The Balaban J connectivity index is 0.895. The average Bonchev–Trinajstić information content (AvgIpc) is 3.87. The Bertz CT molecular complexity index is 4430. The van der Waals surface area contributed by atoms with Crippen molar-refractivity contribution in [1.29, 1.82) is 0 Å². The van der Waals surface area contributed by atoms with E-state index in [0.717, 1.165) is 94.7 Å². The van der Waals surface area contributed by atoms with Crippen molar-refractivity contribution in [3.8, 4) is 44.5 Å². The minimum absolute atomic E-state index is 0.903. The quantitative estimate of drug-likeness (QED) is 0.136. The molecule has 14 aromatic rings. The van der Waals surface area contributed by atoms with Crippen LogP contribution in [0.25, 0.3) is 98.8 Å². The van der Waals surface area contributed by atoms with Crippen molar-refractivity contribution in [3.63, 3.8) is 0 Å². The first-order chi connectivity index (χ1) is 37.2. The molecule has 0 bridgehead atoms. The molecule has 1 heterocycles. The number of anilines is 6. The van der Waals surface area contributed by atoms with Crippen molar-refractivity contribution < 1.29 is 4.42 Å². The molecule has 0 aliphatic rings. The number of furan rings is 1. The van der Waals surface area contributed by atoms with Crippen LogP contribution in [-0.2, 0) is 0 Å². The molecule has 0 amide bonds. The average molecular weight is 957 g/mol.